The Bertz CT molecular complexity index is 1430. The van der Waals surface area contributed by atoms with E-state index in [0.29, 0.717) is 5.92 Å². The van der Waals surface area contributed by atoms with Crippen molar-refractivity contribution >= 4 is 37.0 Å². The molecule has 0 bridgehead atoms. The molecule has 0 N–H and O–H groups in total. The van der Waals surface area contributed by atoms with Gasteiger partial charge in [0.15, 0.2) is 11.2 Å². The summed E-state index contributed by atoms with van der Waals surface area (Å²) in [6, 6.07) is 18.6. The van der Waals surface area contributed by atoms with Crippen molar-refractivity contribution in [1.29, 1.82) is 0 Å². The number of carbonyl (C=O) groups excluding carboxylic acids is 1. The fourth-order valence-corrected chi connectivity index (χ4v) is 5.61. The van der Waals surface area contributed by atoms with Crippen LogP contribution in [0, 0.1) is 12.8 Å². The highest BCUT2D eigenvalue weighted by Crippen LogP contribution is 2.41. The van der Waals surface area contributed by atoms with Crippen LogP contribution in [-0.2, 0) is 0 Å². The first kappa shape index (κ1) is 28.5. The van der Waals surface area contributed by atoms with Gasteiger partial charge in [0.1, 0.15) is 0 Å². The number of aryl methyl sites for hydroxylation is 1. The van der Waals surface area contributed by atoms with Gasteiger partial charge >= 0.3 is 0 Å². The minimum atomic E-state index is -0.231. The van der Waals surface area contributed by atoms with Crippen molar-refractivity contribution in [3.63, 3.8) is 0 Å². The van der Waals surface area contributed by atoms with Gasteiger partial charge in [-0.05, 0) is 85.7 Å². The van der Waals surface area contributed by atoms with Gasteiger partial charge in [0, 0.05) is 24.0 Å². The Kier molecular flexibility index (Phi) is 9.26. The summed E-state index contributed by atoms with van der Waals surface area (Å²) in [6.07, 6.45) is 2.68. The first-order valence-electron chi connectivity index (χ1n) is 13.1. The van der Waals surface area contributed by atoms with Gasteiger partial charge in [0.2, 0.25) is 0 Å². The van der Waals surface area contributed by atoms with E-state index in [1.54, 1.807) is 12.3 Å². The lowest BCUT2D eigenvalue weighted by Crippen LogP contribution is -2.24. The molecule has 1 aromatic heterocycles. The molecule has 2 atom stereocenters. The van der Waals surface area contributed by atoms with Crippen LogP contribution in [0.25, 0.3) is 16.7 Å². The van der Waals surface area contributed by atoms with E-state index >= 15 is 0 Å². The normalized spacial score (nSPS) is 12.8. The first-order chi connectivity index (χ1) is 17.5. The maximum Gasteiger partial charge on any atom is 0.192 e. The van der Waals surface area contributed by atoms with E-state index in [1.165, 1.54) is 18.1 Å². The van der Waals surface area contributed by atoms with Crippen LogP contribution in [0.3, 0.4) is 0 Å². The summed E-state index contributed by atoms with van der Waals surface area (Å²) in [6.45, 7) is 16.5. The van der Waals surface area contributed by atoms with Crippen LogP contribution in [0.5, 0.6) is 0 Å². The van der Waals surface area contributed by atoms with Crippen LogP contribution in [0.15, 0.2) is 71.2 Å². The summed E-state index contributed by atoms with van der Waals surface area (Å²) < 4.78 is 2.17. The highest BCUT2D eigenvalue weighted by Gasteiger charge is 2.24. The largest absolute Gasteiger partial charge is 0.343 e. The maximum absolute atomic E-state index is 13.2. The fraction of sp³-hybridized carbons (Fsp3) is 0.333. The van der Waals surface area contributed by atoms with Crippen molar-refractivity contribution in [3.8, 4) is 0 Å². The number of hydrogen-bond acceptors (Lipinski definition) is 2. The van der Waals surface area contributed by atoms with Crippen LogP contribution in [0.1, 0.15) is 93.7 Å². The molecule has 0 saturated heterocycles. The molecule has 0 aliphatic heterocycles. The van der Waals surface area contributed by atoms with Crippen molar-refractivity contribution in [2.45, 2.75) is 67.9 Å². The van der Waals surface area contributed by atoms with Crippen molar-refractivity contribution in [2.24, 2.45) is 5.92 Å². The molecule has 0 amide bonds. The number of nitrogens with zero attached hydrogens (tertiary/aromatic N) is 1. The number of carbonyl (C=O) groups is 1. The molecule has 2 aromatic carbocycles. The van der Waals surface area contributed by atoms with E-state index in [2.05, 4.69) is 105 Å². The molecule has 0 aliphatic rings. The number of benzene rings is 2. The zero-order chi connectivity index (χ0) is 27.4. The van der Waals surface area contributed by atoms with Gasteiger partial charge in [-0.3, -0.25) is 9.59 Å². The molecule has 1 unspecified atom stereocenters. The van der Waals surface area contributed by atoms with Gasteiger partial charge in [-0.25, -0.2) is 0 Å². The zero-order valence-electron chi connectivity index (χ0n) is 23.5. The summed E-state index contributed by atoms with van der Waals surface area (Å²) in [5, 5.41) is 1.12. The predicted molar refractivity (Wildman–Crippen MR) is 163 cm³/mol. The second-order valence-electron chi connectivity index (χ2n) is 10.4. The van der Waals surface area contributed by atoms with E-state index in [9.17, 15) is 9.59 Å². The average molecular weight is 514 g/mol. The smallest absolute Gasteiger partial charge is 0.192 e. The summed E-state index contributed by atoms with van der Waals surface area (Å²) in [7, 11) is 2.87. The quantitative estimate of drug-likeness (QED) is 0.175. The molecule has 0 saturated carbocycles. The molecule has 194 valence electrons. The molecule has 4 heteroatoms. The SMILES string of the molecule is CC[C@@H](C(C)C)n1cc(C(C)=O)c(=O)cc1/C(C)=C(/C(=C(C)C)c1ccccc1P)c1ccccc1C. The molecule has 0 spiro atoms. The predicted octanol–water partition coefficient (Wildman–Crippen LogP) is 7.89. The number of rotatable bonds is 8. The number of hydrogen-bond donors (Lipinski definition) is 0. The molecule has 0 radical (unpaired) electrons. The molecule has 3 rings (SSSR count). The number of pyridine rings is 1. The molecular weight excluding hydrogens is 473 g/mol. The molecular formula is C33H40NO2P. The summed E-state index contributed by atoms with van der Waals surface area (Å²) in [5.74, 6) is 0.128. The molecule has 3 nitrogen and oxygen atoms in total. The molecule has 3 aromatic rings. The lowest BCUT2D eigenvalue weighted by molar-refractivity contribution is 0.101. The van der Waals surface area contributed by atoms with Crippen molar-refractivity contribution in [1.82, 2.24) is 4.57 Å². The number of Topliss-reactive ketones (excluding diaryl/α,β-unsaturated/α-hetero) is 1. The lowest BCUT2D eigenvalue weighted by atomic mass is 9.83. The van der Waals surface area contributed by atoms with Gasteiger partial charge < -0.3 is 4.57 Å². The topological polar surface area (TPSA) is 39.1 Å². The standard InChI is InChI=1S/C33H40NO2P/c1-9-28(20(2)3)34-19-27(24(8)35)30(36)18-29(34)23(7)33(25-15-11-10-14-22(25)6)32(21(4)5)26-16-12-13-17-31(26)37/h10-20,28H,9,37H2,1-8H3/b33-23+/t28-/m0/s1. The Morgan fingerprint density at radius 3 is 2.00 bits per heavy atom. The Balaban J connectivity index is 2.55. The second kappa shape index (κ2) is 12.0. The summed E-state index contributed by atoms with van der Waals surface area (Å²) in [5.41, 5.74) is 8.79. The first-order valence-corrected chi connectivity index (χ1v) is 13.6. The Labute approximate surface area is 224 Å². The van der Waals surface area contributed by atoms with Gasteiger partial charge in [-0.2, -0.15) is 0 Å². The maximum atomic E-state index is 13.2. The highest BCUT2D eigenvalue weighted by molar-refractivity contribution is 7.27. The van der Waals surface area contributed by atoms with E-state index < -0.39 is 0 Å². The van der Waals surface area contributed by atoms with Crippen molar-refractivity contribution in [2.75, 3.05) is 0 Å². The molecule has 0 fully saturated rings. The second-order valence-corrected chi connectivity index (χ2v) is 11.0. The summed E-state index contributed by atoms with van der Waals surface area (Å²) in [4.78, 5) is 25.6. The van der Waals surface area contributed by atoms with Crippen LogP contribution < -0.4 is 10.7 Å². The van der Waals surface area contributed by atoms with Gasteiger partial charge in [0.25, 0.3) is 0 Å². The number of ketones is 1. The molecule has 37 heavy (non-hydrogen) atoms. The van der Waals surface area contributed by atoms with Crippen molar-refractivity contribution in [3.05, 3.63) is 105 Å². The Morgan fingerprint density at radius 2 is 1.49 bits per heavy atom. The van der Waals surface area contributed by atoms with Gasteiger partial charge in [-0.1, -0.05) is 74.9 Å². The van der Waals surface area contributed by atoms with Crippen molar-refractivity contribution < 1.29 is 4.79 Å². The van der Waals surface area contributed by atoms with E-state index in [-0.39, 0.29) is 22.8 Å². The third-order valence-corrected chi connectivity index (χ3v) is 7.66. The minimum absolute atomic E-state index is 0.144. The van der Waals surface area contributed by atoms with E-state index in [4.69, 9.17) is 0 Å². The summed E-state index contributed by atoms with van der Waals surface area (Å²) >= 11 is 0. The van der Waals surface area contributed by atoms with Crippen LogP contribution in [0.4, 0.5) is 0 Å². The minimum Gasteiger partial charge on any atom is -0.343 e. The average Bonchev–Trinajstić information content (AvgIpc) is 2.84. The fourth-order valence-electron chi connectivity index (χ4n) is 5.26. The Hall–Kier alpha value is -3.03. The lowest BCUT2D eigenvalue weighted by Gasteiger charge is -2.29. The van der Waals surface area contributed by atoms with E-state index in [1.807, 2.05) is 6.07 Å². The van der Waals surface area contributed by atoms with Gasteiger partial charge in [-0.15, -0.1) is 9.24 Å². The van der Waals surface area contributed by atoms with E-state index in [0.717, 1.165) is 45.3 Å². The third kappa shape index (κ3) is 5.94. The number of aromatic nitrogens is 1. The highest BCUT2D eigenvalue weighted by atomic mass is 31.0. The zero-order valence-corrected chi connectivity index (χ0v) is 24.6. The molecule has 1 heterocycles. The molecule has 0 aliphatic carbocycles. The van der Waals surface area contributed by atoms with Gasteiger partial charge in [0.05, 0.1) is 5.56 Å². The Morgan fingerprint density at radius 1 is 0.892 bits per heavy atom. The monoisotopic (exact) mass is 513 g/mol. The number of allylic oxidation sites excluding steroid dienone is 4. The van der Waals surface area contributed by atoms with Crippen LogP contribution in [0.2, 0.25) is 0 Å². The van der Waals surface area contributed by atoms with Crippen LogP contribution in [-0.4, -0.2) is 10.4 Å². The third-order valence-electron chi connectivity index (χ3n) is 7.16. The van der Waals surface area contributed by atoms with Crippen LogP contribution >= 0.6 is 9.24 Å².